The molecule has 2 rings (SSSR count). The van der Waals surface area contributed by atoms with E-state index in [-0.39, 0.29) is 17.7 Å². The summed E-state index contributed by atoms with van der Waals surface area (Å²) in [6, 6.07) is 9.74. The van der Waals surface area contributed by atoms with E-state index in [0.717, 1.165) is 24.9 Å². The number of Topliss-reactive ketones (excluding diaryl/α,β-unsaturated/α-hetero) is 1. The van der Waals surface area contributed by atoms with Crippen LogP contribution >= 0.6 is 0 Å². The summed E-state index contributed by atoms with van der Waals surface area (Å²) < 4.78 is 0. The van der Waals surface area contributed by atoms with Crippen molar-refractivity contribution in [2.45, 2.75) is 26.3 Å². The third-order valence-corrected chi connectivity index (χ3v) is 3.57. The third-order valence-electron chi connectivity index (χ3n) is 3.57. The highest BCUT2D eigenvalue weighted by Crippen LogP contribution is 2.17. The van der Waals surface area contributed by atoms with Crippen LogP contribution in [0.5, 0.6) is 0 Å². The lowest BCUT2D eigenvalue weighted by atomic mass is 9.95. The van der Waals surface area contributed by atoms with Crippen LogP contribution in [0, 0.1) is 5.92 Å². The van der Waals surface area contributed by atoms with Gasteiger partial charge in [-0.2, -0.15) is 0 Å². The van der Waals surface area contributed by atoms with E-state index in [9.17, 15) is 9.59 Å². The lowest BCUT2D eigenvalue weighted by Crippen LogP contribution is -2.46. The van der Waals surface area contributed by atoms with Crippen molar-refractivity contribution in [3.05, 3.63) is 35.9 Å². The Morgan fingerprint density at radius 1 is 1.32 bits per heavy atom. The zero-order valence-corrected chi connectivity index (χ0v) is 11.3. The molecule has 0 radical (unpaired) electrons. The second-order valence-electron chi connectivity index (χ2n) is 5.04. The zero-order valence-electron chi connectivity index (χ0n) is 11.3. The molecule has 4 heteroatoms. The summed E-state index contributed by atoms with van der Waals surface area (Å²) in [6.07, 6.45) is 1.81. The summed E-state index contributed by atoms with van der Waals surface area (Å²) in [7, 11) is 0. The van der Waals surface area contributed by atoms with E-state index in [4.69, 9.17) is 0 Å². The Kier molecular flexibility index (Phi) is 4.55. The highest BCUT2D eigenvalue weighted by atomic mass is 16.2. The van der Waals surface area contributed by atoms with Crippen LogP contribution in [0.25, 0.3) is 0 Å². The summed E-state index contributed by atoms with van der Waals surface area (Å²) in [4.78, 5) is 25.2. The van der Waals surface area contributed by atoms with Crippen LogP contribution in [0.2, 0.25) is 0 Å². The molecule has 0 spiro atoms. The molecule has 1 saturated heterocycles. The number of benzene rings is 1. The molecule has 1 heterocycles. The normalized spacial score (nSPS) is 19.0. The molecule has 1 fully saturated rings. The van der Waals surface area contributed by atoms with Crippen LogP contribution in [0.4, 0.5) is 4.79 Å². The number of nitrogens with one attached hydrogen (secondary N) is 1. The van der Waals surface area contributed by atoms with Gasteiger partial charge in [0, 0.05) is 25.6 Å². The van der Waals surface area contributed by atoms with Gasteiger partial charge in [0.1, 0.15) is 5.78 Å². The molecule has 1 N–H and O–H groups in total. The van der Waals surface area contributed by atoms with Gasteiger partial charge >= 0.3 is 6.03 Å². The smallest absolute Gasteiger partial charge is 0.317 e. The number of hydrogen-bond acceptors (Lipinski definition) is 2. The molecule has 19 heavy (non-hydrogen) atoms. The van der Waals surface area contributed by atoms with Crippen molar-refractivity contribution >= 4 is 11.8 Å². The van der Waals surface area contributed by atoms with Crippen molar-refractivity contribution in [1.29, 1.82) is 0 Å². The Labute approximate surface area is 113 Å². The van der Waals surface area contributed by atoms with Crippen LogP contribution < -0.4 is 5.32 Å². The van der Waals surface area contributed by atoms with E-state index in [1.807, 2.05) is 30.3 Å². The Morgan fingerprint density at radius 2 is 2.05 bits per heavy atom. The number of piperidine rings is 1. The van der Waals surface area contributed by atoms with E-state index >= 15 is 0 Å². The number of rotatable bonds is 3. The second-order valence-corrected chi connectivity index (χ2v) is 5.04. The number of hydrogen-bond donors (Lipinski definition) is 1. The number of nitrogens with zero attached hydrogens (tertiary/aromatic N) is 1. The van der Waals surface area contributed by atoms with Crippen molar-refractivity contribution in [2.24, 2.45) is 5.92 Å². The van der Waals surface area contributed by atoms with Gasteiger partial charge in [0.05, 0.1) is 0 Å². The molecule has 0 aromatic heterocycles. The Hall–Kier alpha value is -1.84. The quantitative estimate of drug-likeness (QED) is 0.905. The number of urea groups is 1. The van der Waals surface area contributed by atoms with Gasteiger partial charge in [-0.05, 0) is 25.3 Å². The third kappa shape index (κ3) is 3.81. The summed E-state index contributed by atoms with van der Waals surface area (Å²) in [5, 5.41) is 2.90. The summed E-state index contributed by atoms with van der Waals surface area (Å²) in [5.41, 5.74) is 1.08. The molecule has 1 aromatic carbocycles. The Balaban J connectivity index is 1.84. The van der Waals surface area contributed by atoms with Gasteiger partial charge in [0.15, 0.2) is 0 Å². The number of carbonyl (C=O) groups excluding carboxylic acids is 2. The molecule has 0 saturated carbocycles. The highest BCUT2D eigenvalue weighted by Gasteiger charge is 2.25. The fraction of sp³-hybridized carbons (Fsp3) is 0.467. The van der Waals surface area contributed by atoms with Gasteiger partial charge < -0.3 is 10.2 Å². The Bertz CT molecular complexity index is 445. The topological polar surface area (TPSA) is 49.4 Å². The fourth-order valence-electron chi connectivity index (χ4n) is 2.38. The number of amides is 2. The van der Waals surface area contributed by atoms with Crippen LogP contribution in [-0.4, -0.2) is 29.8 Å². The van der Waals surface area contributed by atoms with Crippen molar-refractivity contribution in [1.82, 2.24) is 10.2 Å². The first-order valence-corrected chi connectivity index (χ1v) is 6.74. The van der Waals surface area contributed by atoms with Crippen molar-refractivity contribution in [3.63, 3.8) is 0 Å². The van der Waals surface area contributed by atoms with Crippen LogP contribution in [0.3, 0.4) is 0 Å². The molecule has 102 valence electrons. The predicted molar refractivity (Wildman–Crippen MR) is 73.7 cm³/mol. The summed E-state index contributed by atoms with van der Waals surface area (Å²) >= 11 is 0. The second kappa shape index (κ2) is 6.36. The molecule has 4 nitrogen and oxygen atoms in total. The van der Waals surface area contributed by atoms with Gasteiger partial charge in [0.25, 0.3) is 0 Å². The van der Waals surface area contributed by atoms with Gasteiger partial charge in [-0.3, -0.25) is 4.79 Å². The number of ketones is 1. The molecule has 1 aliphatic rings. The fourth-order valence-corrected chi connectivity index (χ4v) is 2.38. The molecular weight excluding hydrogens is 240 g/mol. The first-order valence-electron chi connectivity index (χ1n) is 6.74. The zero-order chi connectivity index (χ0) is 13.7. The molecule has 1 atom stereocenters. The minimum Gasteiger partial charge on any atom is -0.334 e. The first kappa shape index (κ1) is 13.6. The van der Waals surface area contributed by atoms with Gasteiger partial charge in [0.2, 0.25) is 0 Å². The molecule has 1 unspecified atom stereocenters. The van der Waals surface area contributed by atoms with Crippen LogP contribution in [0.1, 0.15) is 25.3 Å². The molecular formula is C15H20N2O2. The first-order chi connectivity index (χ1) is 9.16. The molecule has 0 aliphatic carbocycles. The maximum absolute atomic E-state index is 12.0. The summed E-state index contributed by atoms with van der Waals surface area (Å²) in [5.74, 6) is 0.191. The number of carbonyl (C=O) groups is 2. The molecule has 1 aliphatic heterocycles. The molecule has 0 bridgehead atoms. The van der Waals surface area contributed by atoms with E-state index in [2.05, 4.69) is 5.32 Å². The standard InChI is InChI=1S/C15H20N2O2/c1-12(18)14-8-5-9-17(11-14)15(19)16-10-13-6-3-2-4-7-13/h2-4,6-7,14H,5,8-11H2,1H3,(H,16,19). The Morgan fingerprint density at radius 3 is 2.74 bits per heavy atom. The average molecular weight is 260 g/mol. The van der Waals surface area contributed by atoms with Crippen LogP contribution in [-0.2, 0) is 11.3 Å². The predicted octanol–water partition coefficient (Wildman–Crippen LogP) is 2.20. The van der Waals surface area contributed by atoms with E-state index in [0.29, 0.717) is 13.1 Å². The molecule has 2 amide bonds. The average Bonchev–Trinajstić information content (AvgIpc) is 2.46. The minimum atomic E-state index is -0.0743. The largest absolute Gasteiger partial charge is 0.334 e. The number of likely N-dealkylation sites (tertiary alicyclic amines) is 1. The maximum atomic E-state index is 12.0. The van der Waals surface area contributed by atoms with Crippen molar-refractivity contribution in [3.8, 4) is 0 Å². The maximum Gasteiger partial charge on any atom is 0.317 e. The van der Waals surface area contributed by atoms with Gasteiger partial charge in [-0.15, -0.1) is 0 Å². The van der Waals surface area contributed by atoms with Crippen molar-refractivity contribution < 1.29 is 9.59 Å². The highest BCUT2D eigenvalue weighted by molar-refractivity contribution is 5.80. The lowest BCUT2D eigenvalue weighted by molar-refractivity contribution is -0.121. The SMILES string of the molecule is CC(=O)C1CCCN(C(=O)NCc2ccccc2)C1. The van der Waals surface area contributed by atoms with Crippen molar-refractivity contribution in [2.75, 3.05) is 13.1 Å². The van der Waals surface area contributed by atoms with E-state index in [1.54, 1.807) is 11.8 Å². The minimum absolute atomic E-state index is 0.0104. The lowest BCUT2D eigenvalue weighted by Gasteiger charge is -2.31. The van der Waals surface area contributed by atoms with E-state index in [1.165, 1.54) is 0 Å². The van der Waals surface area contributed by atoms with Gasteiger partial charge in [-0.25, -0.2) is 4.79 Å². The van der Waals surface area contributed by atoms with Gasteiger partial charge in [-0.1, -0.05) is 30.3 Å². The van der Waals surface area contributed by atoms with E-state index < -0.39 is 0 Å². The monoisotopic (exact) mass is 260 g/mol. The summed E-state index contributed by atoms with van der Waals surface area (Å²) in [6.45, 7) is 3.43. The molecule has 1 aromatic rings. The van der Waals surface area contributed by atoms with Crippen LogP contribution in [0.15, 0.2) is 30.3 Å².